The number of ether oxygens (including phenoxy) is 1. The van der Waals surface area contributed by atoms with Crippen molar-refractivity contribution in [1.82, 2.24) is 0 Å². The molecule has 0 aromatic heterocycles. The summed E-state index contributed by atoms with van der Waals surface area (Å²) < 4.78 is 5.24. The summed E-state index contributed by atoms with van der Waals surface area (Å²) in [7, 11) is 1.53. The van der Waals surface area contributed by atoms with E-state index in [-0.39, 0.29) is 5.78 Å². The highest BCUT2D eigenvalue weighted by Gasteiger charge is 2.17. The van der Waals surface area contributed by atoms with E-state index in [9.17, 15) is 4.79 Å². The Hall–Kier alpha value is -1.51. The summed E-state index contributed by atoms with van der Waals surface area (Å²) in [6.45, 7) is 1.93. The number of halogens is 2. The fourth-order valence-corrected chi connectivity index (χ4v) is 2.18. The van der Waals surface area contributed by atoms with Crippen molar-refractivity contribution in [2.24, 2.45) is 0 Å². The summed E-state index contributed by atoms with van der Waals surface area (Å²) in [4.78, 5) is 12.5. The molecule has 0 saturated heterocycles. The Labute approximate surface area is 121 Å². The van der Waals surface area contributed by atoms with Crippen molar-refractivity contribution in [2.45, 2.75) is 6.92 Å². The van der Waals surface area contributed by atoms with Crippen molar-refractivity contribution in [3.05, 3.63) is 63.1 Å². The van der Waals surface area contributed by atoms with Crippen LogP contribution in [0, 0.1) is 6.92 Å². The van der Waals surface area contributed by atoms with Gasteiger partial charge in [-0.3, -0.25) is 4.79 Å². The topological polar surface area (TPSA) is 26.3 Å². The molecule has 0 amide bonds. The molecule has 0 N–H and O–H groups in total. The minimum atomic E-state index is -0.204. The number of hydrogen-bond donors (Lipinski definition) is 0. The average Bonchev–Trinajstić information content (AvgIpc) is 2.40. The van der Waals surface area contributed by atoms with Crippen LogP contribution in [0.15, 0.2) is 36.4 Å². The lowest BCUT2D eigenvalue weighted by Gasteiger charge is -2.10. The molecule has 2 nitrogen and oxygen atoms in total. The minimum Gasteiger partial charge on any atom is -0.496 e. The van der Waals surface area contributed by atoms with Gasteiger partial charge < -0.3 is 4.74 Å². The number of ketones is 1. The Kier molecular flexibility index (Phi) is 4.13. The summed E-state index contributed by atoms with van der Waals surface area (Å²) in [5, 5.41) is 0.843. The molecule has 0 heterocycles. The fourth-order valence-electron chi connectivity index (χ4n) is 1.80. The van der Waals surface area contributed by atoms with Crippen molar-refractivity contribution in [1.29, 1.82) is 0 Å². The van der Waals surface area contributed by atoms with Gasteiger partial charge in [0.05, 0.1) is 17.7 Å². The van der Waals surface area contributed by atoms with Crippen molar-refractivity contribution in [3.63, 3.8) is 0 Å². The van der Waals surface area contributed by atoms with E-state index < -0.39 is 0 Å². The van der Waals surface area contributed by atoms with Gasteiger partial charge >= 0.3 is 0 Å². The molecule has 98 valence electrons. The standard InChI is InChI=1S/C15H12Cl2O2/c1-9-3-5-11(14(7-9)19-2)15(18)12-8-10(16)4-6-13(12)17/h3-8H,1-2H3. The van der Waals surface area contributed by atoms with Crippen LogP contribution in [-0.4, -0.2) is 12.9 Å². The number of methoxy groups -OCH3 is 1. The second-order valence-corrected chi connectivity index (χ2v) is 5.00. The van der Waals surface area contributed by atoms with Gasteiger partial charge in [0.2, 0.25) is 0 Å². The Morgan fingerprint density at radius 1 is 1.05 bits per heavy atom. The van der Waals surface area contributed by atoms with E-state index >= 15 is 0 Å². The van der Waals surface area contributed by atoms with Crippen molar-refractivity contribution < 1.29 is 9.53 Å². The lowest BCUT2D eigenvalue weighted by molar-refractivity contribution is 0.103. The van der Waals surface area contributed by atoms with Gasteiger partial charge in [-0.25, -0.2) is 0 Å². The third-order valence-electron chi connectivity index (χ3n) is 2.77. The van der Waals surface area contributed by atoms with E-state index in [0.29, 0.717) is 26.9 Å². The van der Waals surface area contributed by atoms with E-state index in [1.807, 2.05) is 19.1 Å². The molecule has 0 bridgehead atoms. The molecule has 0 unspecified atom stereocenters. The molecular weight excluding hydrogens is 283 g/mol. The predicted octanol–water partition coefficient (Wildman–Crippen LogP) is 4.54. The summed E-state index contributed by atoms with van der Waals surface area (Å²) >= 11 is 12.0. The first-order valence-electron chi connectivity index (χ1n) is 5.67. The highest BCUT2D eigenvalue weighted by atomic mass is 35.5. The number of carbonyl (C=O) groups excluding carboxylic acids is 1. The molecule has 19 heavy (non-hydrogen) atoms. The van der Waals surface area contributed by atoms with Crippen LogP contribution in [0.3, 0.4) is 0 Å². The van der Waals surface area contributed by atoms with Gasteiger partial charge in [-0.15, -0.1) is 0 Å². The molecule has 2 aromatic rings. The normalized spacial score (nSPS) is 10.3. The molecule has 0 aliphatic rings. The molecule has 4 heteroatoms. The quantitative estimate of drug-likeness (QED) is 0.777. The van der Waals surface area contributed by atoms with Gasteiger partial charge in [0.15, 0.2) is 5.78 Å². The van der Waals surface area contributed by atoms with Crippen LogP contribution in [0.2, 0.25) is 10.0 Å². The lowest BCUT2D eigenvalue weighted by atomic mass is 10.0. The Morgan fingerprint density at radius 3 is 2.47 bits per heavy atom. The largest absolute Gasteiger partial charge is 0.496 e. The van der Waals surface area contributed by atoms with E-state index in [2.05, 4.69) is 0 Å². The molecule has 0 radical (unpaired) electrons. The van der Waals surface area contributed by atoms with Crippen LogP contribution in [0.4, 0.5) is 0 Å². The van der Waals surface area contributed by atoms with Gasteiger partial charge in [-0.1, -0.05) is 29.3 Å². The van der Waals surface area contributed by atoms with E-state index in [0.717, 1.165) is 5.56 Å². The van der Waals surface area contributed by atoms with Crippen LogP contribution in [0.1, 0.15) is 21.5 Å². The molecule has 0 aliphatic carbocycles. The molecule has 0 spiro atoms. The van der Waals surface area contributed by atoms with Crippen LogP contribution in [0.5, 0.6) is 5.75 Å². The van der Waals surface area contributed by atoms with Crippen LogP contribution in [-0.2, 0) is 0 Å². The summed E-state index contributed by atoms with van der Waals surface area (Å²) in [6, 6.07) is 10.2. The molecular formula is C15H12Cl2O2. The number of carbonyl (C=O) groups is 1. The van der Waals surface area contributed by atoms with Gasteiger partial charge in [0.25, 0.3) is 0 Å². The molecule has 0 fully saturated rings. The van der Waals surface area contributed by atoms with Crippen molar-refractivity contribution in [2.75, 3.05) is 7.11 Å². The van der Waals surface area contributed by atoms with Crippen molar-refractivity contribution >= 4 is 29.0 Å². The van der Waals surface area contributed by atoms with Gasteiger partial charge in [0.1, 0.15) is 5.75 Å². The maximum atomic E-state index is 12.5. The summed E-state index contributed by atoms with van der Waals surface area (Å²) in [5.74, 6) is 0.324. The lowest BCUT2D eigenvalue weighted by Crippen LogP contribution is -2.05. The minimum absolute atomic E-state index is 0.204. The molecule has 0 aliphatic heterocycles. The average molecular weight is 295 g/mol. The van der Waals surface area contributed by atoms with E-state index in [1.54, 1.807) is 24.3 Å². The number of aryl methyl sites for hydroxylation is 1. The zero-order chi connectivity index (χ0) is 14.0. The second-order valence-electron chi connectivity index (χ2n) is 4.16. The fraction of sp³-hybridized carbons (Fsp3) is 0.133. The van der Waals surface area contributed by atoms with Gasteiger partial charge in [-0.05, 0) is 42.8 Å². The number of rotatable bonds is 3. The Balaban J connectivity index is 2.53. The Morgan fingerprint density at radius 2 is 1.79 bits per heavy atom. The second kappa shape index (κ2) is 5.64. The molecule has 0 atom stereocenters. The van der Waals surface area contributed by atoms with E-state index in [4.69, 9.17) is 27.9 Å². The number of hydrogen-bond acceptors (Lipinski definition) is 2. The maximum absolute atomic E-state index is 12.5. The highest BCUT2D eigenvalue weighted by Crippen LogP contribution is 2.28. The Bertz CT molecular complexity index is 636. The first-order chi connectivity index (χ1) is 9.02. The third kappa shape index (κ3) is 2.91. The SMILES string of the molecule is COc1cc(C)ccc1C(=O)c1cc(Cl)ccc1Cl. The van der Waals surface area contributed by atoms with Crippen LogP contribution >= 0.6 is 23.2 Å². The van der Waals surface area contributed by atoms with Crippen LogP contribution < -0.4 is 4.74 Å². The van der Waals surface area contributed by atoms with E-state index in [1.165, 1.54) is 7.11 Å². The first kappa shape index (κ1) is 13.9. The van der Waals surface area contributed by atoms with Gasteiger partial charge in [0, 0.05) is 10.6 Å². The van der Waals surface area contributed by atoms with Crippen LogP contribution in [0.25, 0.3) is 0 Å². The third-order valence-corrected chi connectivity index (χ3v) is 3.34. The maximum Gasteiger partial charge on any atom is 0.198 e. The molecule has 2 aromatic carbocycles. The molecule has 2 rings (SSSR count). The number of benzene rings is 2. The first-order valence-corrected chi connectivity index (χ1v) is 6.43. The van der Waals surface area contributed by atoms with Crippen molar-refractivity contribution in [3.8, 4) is 5.75 Å². The monoisotopic (exact) mass is 294 g/mol. The smallest absolute Gasteiger partial charge is 0.198 e. The zero-order valence-corrected chi connectivity index (χ0v) is 12.0. The summed E-state index contributed by atoms with van der Waals surface area (Å²) in [6.07, 6.45) is 0. The summed E-state index contributed by atoms with van der Waals surface area (Å²) in [5.41, 5.74) is 1.86. The van der Waals surface area contributed by atoms with Gasteiger partial charge in [-0.2, -0.15) is 0 Å². The predicted molar refractivity (Wildman–Crippen MR) is 77.6 cm³/mol. The zero-order valence-electron chi connectivity index (χ0n) is 10.5. The molecule has 0 saturated carbocycles. The highest BCUT2D eigenvalue weighted by molar-refractivity contribution is 6.36.